The Kier molecular flexibility index (Phi) is 4.17. The maximum absolute atomic E-state index is 4.73. The Hall–Kier alpha value is -1.20. The Morgan fingerprint density at radius 1 is 1.55 bits per heavy atom. The highest BCUT2D eigenvalue weighted by Gasteiger charge is 2.22. The van der Waals surface area contributed by atoms with E-state index in [-0.39, 0.29) is 0 Å². The summed E-state index contributed by atoms with van der Waals surface area (Å²) < 4.78 is 1.95. The van der Waals surface area contributed by atoms with E-state index in [4.69, 9.17) is 4.98 Å². The van der Waals surface area contributed by atoms with E-state index in [0.29, 0.717) is 5.92 Å². The minimum Gasteiger partial charge on any atom is -0.316 e. The van der Waals surface area contributed by atoms with Gasteiger partial charge in [0.25, 0.3) is 0 Å². The van der Waals surface area contributed by atoms with Gasteiger partial charge in [-0.3, -0.25) is 4.68 Å². The summed E-state index contributed by atoms with van der Waals surface area (Å²) >= 11 is 1.70. The Morgan fingerprint density at radius 2 is 2.45 bits per heavy atom. The highest BCUT2D eigenvalue weighted by Crippen LogP contribution is 2.25. The standard InChI is InChI=1S/C15H22N4S/c1-11(12-5-3-7-16-10-12)9-14-17-15(18-19(14)2)13-6-4-8-20-13/h4,6,8,11-12,16H,3,5,7,9-10H2,1-2H3. The third-order valence-electron chi connectivity index (χ3n) is 4.24. The van der Waals surface area contributed by atoms with Gasteiger partial charge in [0.1, 0.15) is 5.82 Å². The van der Waals surface area contributed by atoms with Crippen LogP contribution in [-0.2, 0) is 13.5 Å². The smallest absolute Gasteiger partial charge is 0.191 e. The predicted molar refractivity (Wildman–Crippen MR) is 82.8 cm³/mol. The quantitative estimate of drug-likeness (QED) is 0.941. The summed E-state index contributed by atoms with van der Waals surface area (Å²) in [5.41, 5.74) is 0. The number of aromatic nitrogens is 3. The average Bonchev–Trinajstić information content (AvgIpc) is 3.10. The van der Waals surface area contributed by atoms with Crippen LogP contribution in [-0.4, -0.2) is 27.9 Å². The molecule has 4 nitrogen and oxygen atoms in total. The van der Waals surface area contributed by atoms with E-state index >= 15 is 0 Å². The third-order valence-corrected chi connectivity index (χ3v) is 5.10. The van der Waals surface area contributed by atoms with Crippen LogP contribution in [0.5, 0.6) is 0 Å². The lowest BCUT2D eigenvalue weighted by atomic mass is 9.85. The molecule has 1 aliphatic rings. The molecule has 0 amide bonds. The second kappa shape index (κ2) is 6.06. The highest BCUT2D eigenvalue weighted by molar-refractivity contribution is 7.13. The number of piperidine rings is 1. The molecule has 2 unspecified atom stereocenters. The molecule has 1 saturated heterocycles. The molecule has 2 aromatic heterocycles. The minimum absolute atomic E-state index is 0.655. The fourth-order valence-corrected chi connectivity index (χ4v) is 3.58. The number of hydrogen-bond donors (Lipinski definition) is 1. The van der Waals surface area contributed by atoms with Crippen LogP contribution in [0.25, 0.3) is 10.7 Å². The molecule has 1 fully saturated rings. The van der Waals surface area contributed by atoms with Crippen LogP contribution in [0.2, 0.25) is 0 Å². The molecule has 0 aliphatic carbocycles. The minimum atomic E-state index is 0.655. The van der Waals surface area contributed by atoms with Crippen molar-refractivity contribution in [3.05, 3.63) is 23.3 Å². The SMILES string of the molecule is CC(Cc1nc(-c2cccs2)nn1C)C1CCCNC1. The molecule has 2 aromatic rings. The lowest BCUT2D eigenvalue weighted by Gasteiger charge is -2.28. The second-order valence-electron chi connectivity index (χ2n) is 5.74. The van der Waals surface area contributed by atoms with Crippen molar-refractivity contribution in [1.82, 2.24) is 20.1 Å². The largest absolute Gasteiger partial charge is 0.316 e. The molecule has 2 atom stereocenters. The lowest BCUT2D eigenvalue weighted by molar-refractivity contribution is 0.274. The van der Waals surface area contributed by atoms with Gasteiger partial charge in [-0.2, -0.15) is 5.10 Å². The van der Waals surface area contributed by atoms with Crippen molar-refractivity contribution in [2.45, 2.75) is 26.2 Å². The first kappa shape index (κ1) is 13.8. The summed E-state index contributed by atoms with van der Waals surface area (Å²) in [5, 5.41) is 10.1. The van der Waals surface area contributed by atoms with E-state index in [1.165, 1.54) is 19.4 Å². The summed E-state index contributed by atoms with van der Waals surface area (Å²) in [7, 11) is 2.01. The van der Waals surface area contributed by atoms with Crippen molar-refractivity contribution in [2.24, 2.45) is 18.9 Å². The lowest BCUT2D eigenvalue weighted by Crippen LogP contribution is -2.34. The number of nitrogens with zero attached hydrogens (tertiary/aromatic N) is 3. The van der Waals surface area contributed by atoms with Crippen LogP contribution in [0.4, 0.5) is 0 Å². The predicted octanol–water partition coefficient (Wildman–Crippen LogP) is 2.72. The molecule has 3 rings (SSSR count). The van der Waals surface area contributed by atoms with E-state index in [2.05, 4.69) is 28.8 Å². The van der Waals surface area contributed by atoms with Gasteiger partial charge in [0, 0.05) is 13.5 Å². The van der Waals surface area contributed by atoms with Crippen LogP contribution < -0.4 is 5.32 Å². The molecule has 0 aromatic carbocycles. The van der Waals surface area contributed by atoms with Crippen molar-refractivity contribution >= 4 is 11.3 Å². The molecule has 20 heavy (non-hydrogen) atoms. The highest BCUT2D eigenvalue weighted by atomic mass is 32.1. The normalized spacial score (nSPS) is 21.0. The summed E-state index contributed by atoms with van der Waals surface area (Å²) in [6, 6.07) is 4.13. The van der Waals surface area contributed by atoms with E-state index < -0.39 is 0 Å². The molecular formula is C15H22N4S. The van der Waals surface area contributed by atoms with Gasteiger partial charge in [-0.05, 0) is 49.2 Å². The van der Waals surface area contributed by atoms with Crippen molar-refractivity contribution < 1.29 is 0 Å². The zero-order valence-corrected chi connectivity index (χ0v) is 13.0. The zero-order chi connectivity index (χ0) is 13.9. The maximum Gasteiger partial charge on any atom is 0.191 e. The van der Waals surface area contributed by atoms with Crippen molar-refractivity contribution in [3.8, 4) is 10.7 Å². The second-order valence-corrected chi connectivity index (χ2v) is 6.69. The van der Waals surface area contributed by atoms with Gasteiger partial charge in [0.2, 0.25) is 0 Å². The fourth-order valence-electron chi connectivity index (χ4n) is 2.92. The molecule has 5 heteroatoms. The van der Waals surface area contributed by atoms with Crippen molar-refractivity contribution in [3.63, 3.8) is 0 Å². The van der Waals surface area contributed by atoms with E-state index in [1.54, 1.807) is 11.3 Å². The molecule has 1 N–H and O–H groups in total. The Balaban J connectivity index is 1.70. The first-order chi connectivity index (χ1) is 9.74. The number of hydrogen-bond acceptors (Lipinski definition) is 4. The average molecular weight is 290 g/mol. The van der Waals surface area contributed by atoms with Gasteiger partial charge in [-0.25, -0.2) is 4.98 Å². The first-order valence-corrected chi connectivity index (χ1v) is 8.26. The van der Waals surface area contributed by atoms with Crippen LogP contribution in [0.3, 0.4) is 0 Å². The summed E-state index contributed by atoms with van der Waals surface area (Å²) in [6.45, 7) is 4.67. The van der Waals surface area contributed by atoms with Crippen LogP contribution in [0, 0.1) is 11.8 Å². The number of rotatable bonds is 4. The molecule has 1 aliphatic heterocycles. The Morgan fingerprint density at radius 3 is 3.15 bits per heavy atom. The maximum atomic E-state index is 4.73. The molecule has 0 radical (unpaired) electrons. The van der Waals surface area contributed by atoms with Crippen LogP contribution >= 0.6 is 11.3 Å². The zero-order valence-electron chi connectivity index (χ0n) is 12.2. The van der Waals surface area contributed by atoms with Gasteiger partial charge >= 0.3 is 0 Å². The summed E-state index contributed by atoms with van der Waals surface area (Å²) in [6.07, 6.45) is 3.65. The topological polar surface area (TPSA) is 42.7 Å². The van der Waals surface area contributed by atoms with Gasteiger partial charge < -0.3 is 5.32 Å². The van der Waals surface area contributed by atoms with Crippen LogP contribution in [0.1, 0.15) is 25.6 Å². The number of aryl methyl sites for hydroxylation is 1. The van der Waals surface area contributed by atoms with E-state index in [0.717, 1.165) is 35.4 Å². The molecule has 3 heterocycles. The third kappa shape index (κ3) is 2.94. The molecule has 0 spiro atoms. The van der Waals surface area contributed by atoms with Gasteiger partial charge in [-0.15, -0.1) is 11.3 Å². The molecule has 0 saturated carbocycles. The summed E-state index contributed by atoms with van der Waals surface area (Å²) in [4.78, 5) is 5.88. The molecule has 0 bridgehead atoms. The summed E-state index contributed by atoms with van der Waals surface area (Å²) in [5.74, 6) is 3.39. The van der Waals surface area contributed by atoms with Crippen molar-refractivity contribution in [2.75, 3.05) is 13.1 Å². The first-order valence-electron chi connectivity index (χ1n) is 7.38. The van der Waals surface area contributed by atoms with Gasteiger partial charge in [0.05, 0.1) is 4.88 Å². The molecular weight excluding hydrogens is 268 g/mol. The van der Waals surface area contributed by atoms with E-state index in [9.17, 15) is 0 Å². The van der Waals surface area contributed by atoms with Crippen molar-refractivity contribution in [1.29, 1.82) is 0 Å². The monoisotopic (exact) mass is 290 g/mol. The molecule has 108 valence electrons. The Labute approximate surface area is 124 Å². The fraction of sp³-hybridized carbons (Fsp3) is 0.600. The Bertz CT molecular complexity index is 540. The van der Waals surface area contributed by atoms with Gasteiger partial charge in [0.15, 0.2) is 5.82 Å². The van der Waals surface area contributed by atoms with Crippen LogP contribution in [0.15, 0.2) is 17.5 Å². The number of thiophene rings is 1. The van der Waals surface area contributed by atoms with Gasteiger partial charge in [-0.1, -0.05) is 13.0 Å². The van der Waals surface area contributed by atoms with E-state index in [1.807, 2.05) is 17.8 Å². The number of nitrogens with one attached hydrogen (secondary N) is 1.